The lowest BCUT2D eigenvalue weighted by atomic mass is 9.97. The van der Waals surface area contributed by atoms with Crippen LogP contribution in [0.15, 0.2) is 18.3 Å². The predicted octanol–water partition coefficient (Wildman–Crippen LogP) is 2.07. The molecule has 2 N–H and O–H groups in total. The molecule has 0 fully saturated rings. The fourth-order valence-corrected chi connectivity index (χ4v) is 1.37. The van der Waals surface area contributed by atoms with Crippen molar-refractivity contribution in [3.63, 3.8) is 0 Å². The molecule has 1 aromatic heterocycles. The van der Waals surface area contributed by atoms with Gasteiger partial charge in [-0.25, -0.2) is 0 Å². The normalized spacial score (nSPS) is 16.0. The van der Waals surface area contributed by atoms with Crippen LogP contribution in [0, 0.1) is 5.92 Å². The van der Waals surface area contributed by atoms with Crippen molar-refractivity contribution in [1.82, 2.24) is 4.57 Å². The van der Waals surface area contributed by atoms with Gasteiger partial charge < -0.3 is 10.3 Å². The molecule has 2 unspecified atom stereocenters. The average molecular weight is 166 g/mol. The second-order valence-electron chi connectivity index (χ2n) is 3.46. The number of nitrogens with zero attached hydrogens (tertiary/aromatic N) is 1. The van der Waals surface area contributed by atoms with Gasteiger partial charge in [-0.3, -0.25) is 0 Å². The van der Waals surface area contributed by atoms with E-state index in [0.717, 1.165) is 6.42 Å². The van der Waals surface area contributed by atoms with E-state index in [9.17, 15) is 0 Å². The molecule has 2 atom stereocenters. The van der Waals surface area contributed by atoms with E-state index < -0.39 is 0 Å². The summed E-state index contributed by atoms with van der Waals surface area (Å²) in [6.45, 7) is 4.37. The lowest BCUT2D eigenvalue weighted by molar-refractivity contribution is 0.439. The highest BCUT2D eigenvalue weighted by Crippen LogP contribution is 2.21. The number of hydrogen-bond acceptors (Lipinski definition) is 1. The molecule has 0 aliphatic heterocycles. The first-order chi connectivity index (χ1) is 5.66. The van der Waals surface area contributed by atoms with Gasteiger partial charge in [0, 0.05) is 25.0 Å². The summed E-state index contributed by atoms with van der Waals surface area (Å²) in [5.41, 5.74) is 7.30. The summed E-state index contributed by atoms with van der Waals surface area (Å²) in [5.74, 6) is 0.554. The summed E-state index contributed by atoms with van der Waals surface area (Å²) in [4.78, 5) is 0. The SMILES string of the molecule is CCC(C)C(N)c1cccn1C. The van der Waals surface area contributed by atoms with Crippen molar-refractivity contribution in [1.29, 1.82) is 0 Å². The van der Waals surface area contributed by atoms with Gasteiger partial charge >= 0.3 is 0 Å². The summed E-state index contributed by atoms with van der Waals surface area (Å²) < 4.78 is 2.09. The fraction of sp³-hybridized carbons (Fsp3) is 0.600. The number of aryl methyl sites for hydroxylation is 1. The third-order valence-electron chi connectivity index (χ3n) is 2.58. The van der Waals surface area contributed by atoms with Crippen LogP contribution in [-0.4, -0.2) is 4.57 Å². The molecular weight excluding hydrogens is 148 g/mol. The summed E-state index contributed by atoms with van der Waals surface area (Å²) in [6.07, 6.45) is 3.17. The highest BCUT2D eigenvalue weighted by Gasteiger charge is 2.14. The first-order valence-electron chi connectivity index (χ1n) is 4.53. The smallest absolute Gasteiger partial charge is 0.0475 e. The molecule has 2 nitrogen and oxygen atoms in total. The van der Waals surface area contributed by atoms with E-state index in [4.69, 9.17) is 5.73 Å². The molecule has 1 aromatic rings. The lowest BCUT2D eigenvalue weighted by Gasteiger charge is -2.18. The molecule has 0 amide bonds. The molecule has 0 spiro atoms. The summed E-state index contributed by atoms with van der Waals surface area (Å²) >= 11 is 0. The third-order valence-corrected chi connectivity index (χ3v) is 2.58. The predicted molar refractivity (Wildman–Crippen MR) is 51.8 cm³/mol. The minimum Gasteiger partial charge on any atom is -0.353 e. The van der Waals surface area contributed by atoms with E-state index in [1.54, 1.807) is 0 Å². The maximum Gasteiger partial charge on any atom is 0.0475 e. The second-order valence-corrected chi connectivity index (χ2v) is 3.46. The molecule has 0 saturated carbocycles. The Morgan fingerprint density at radius 1 is 1.58 bits per heavy atom. The van der Waals surface area contributed by atoms with Crippen LogP contribution in [0.2, 0.25) is 0 Å². The highest BCUT2D eigenvalue weighted by molar-refractivity contribution is 5.11. The van der Waals surface area contributed by atoms with Crippen LogP contribution >= 0.6 is 0 Å². The molecule has 68 valence electrons. The van der Waals surface area contributed by atoms with Crippen molar-refractivity contribution in [3.05, 3.63) is 24.0 Å². The molecule has 1 rings (SSSR count). The van der Waals surface area contributed by atoms with Crippen LogP contribution in [0.3, 0.4) is 0 Å². The standard InChI is InChI=1S/C10H18N2/c1-4-8(2)10(11)9-6-5-7-12(9)3/h5-8,10H,4,11H2,1-3H3. The Hall–Kier alpha value is -0.760. The monoisotopic (exact) mass is 166 g/mol. The van der Waals surface area contributed by atoms with E-state index in [0.29, 0.717) is 5.92 Å². The van der Waals surface area contributed by atoms with Crippen LogP contribution in [0.1, 0.15) is 32.0 Å². The topological polar surface area (TPSA) is 30.9 Å². The summed E-state index contributed by atoms with van der Waals surface area (Å²) in [7, 11) is 2.04. The Kier molecular flexibility index (Phi) is 2.93. The minimum atomic E-state index is 0.176. The first-order valence-corrected chi connectivity index (χ1v) is 4.53. The molecule has 2 heteroatoms. The molecule has 1 heterocycles. The number of rotatable bonds is 3. The molecule has 0 bridgehead atoms. The van der Waals surface area contributed by atoms with E-state index in [-0.39, 0.29) is 6.04 Å². The Morgan fingerprint density at radius 2 is 2.25 bits per heavy atom. The molecule has 12 heavy (non-hydrogen) atoms. The Labute approximate surface area is 74.4 Å². The molecule has 0 aliphatic carbocycles. The van der Waals surface area contributed by atoms with Crippen molar-refractivity contribution in [3.8, 4) is 0 Å². The van der Waals surface area contributed by atoms with E-state index in [1.165, 1.54) is 5.69 Å². The zero-order valence-corrected chi connectivity index (χ0v) is 8.12. The Balaban J connectivity index is 2.77. The molecule has 0 aromatic carbocycles. The molecule has 0 aliphatic rings. The molecule has 0 saturated heterocycles. The van der Waals surface area contributed by atoms with E-state index in [2.05, 4.69) is 24.5 Å². The van der Waals surface area contributed by atoms with Crippen molar-refractivity contribution in [2.75, 3.05) is 0 Å². The average Bonchev–Trinajstić information content (AvgIpc) is 2.48. The van der Waals surface area contributed by atoms with Gasteiger partial charge in [0.1, 0.15) is 0 Å². The van der Waals surface area contributed by atoms with Crippen LogP contribution in [-0.2, 0) is 7.05 Å². The number of nitrogens with two attached hydrogens (primary N) is 1. The van der Waals surface area contributed by atoms with Gasteiger partial charge in [-0.2, -0.15) is 0 Å². The molecule has 0 radical (unpaired) electrons. The lowest BCUT2D eigenvalue weighted by Crippen LogP contribution is -2.20. The van der Waals surface area contributed by atoms with Gasteiger partial charge in [0.25, 0.3) is 0 Å². The van der Waals surface area contributed by atoms with Crippen LogP contribution in [0.5, 0.6) is 0 Å². The van der Waals surface area contributed by atoms with E-state index in [1.807, 2.05) is 19.3 Å². The van der Waals surface area contributed by atoms with Gasteiger partial charge in [-0.1, -0.05) is 20.3 Å². The number of hydrogen-bond donors (Lipinski definition) is 1. The van der Waals surface area contributed by atoms with Gasteiger partial charge in [-0.05, 0) is 18.1 Å². The first kappa shape index (κ1) is 9.33. The van der Waals surface area contributed by atoms with Gasteiger partial charge in [0.15, 0.2) is 0 Å². The zero-order chi connectivity index (χ0) is 9.14. The molecular formula is C10H18N2. The largest absolute Gasteiger partial charge is 0.353 e. The summed E-state index contributed by atoms with van der Waals surface area (Å²) in [6, 6.07) is 4.31. The maximum absolute atomic E-state index is 6.07. The maximum atomic E-state index is 6.07. The highest BCUT2D eigenvalue weighted by atomic mass is 15.0. The fourth-order valence-electron chi connectivity index (χ4n) is 1.37. The van der Waals surface area contributed by atoms with Crippen molar-refractivity contribution in [2.45, 2.75) is 26.3 Å². The van der Waals surface area contributed by atoms with Crippen molar-refractivity contribution in [2.24, 2.45) is 18.7 Å². The number of aromatic nitrogens is 1. The van der Waals surface area contributed by atoms with Crippen LogP contribution in [0.4, 0.5) is 0 Å². The Morgan fingerprint density at radius 3 is 2.67 bits per heavy atom. The van der Waals surface area contributed by atoms with Gasteiger partial charge in [-0.15, -0.1) is 0 Å². The van der Waals surface area contributed by atoms with E-state index >= 15 is 0 Å². The van der Waals surface area contributed by atoms with Crippen LogP contribution < -0.4 is 5.73 Å². The summed E-state index contributed by atoms with van der Waals surface area (Å²) in [5, 5.41) is 0. The Bertz CT molecular complexity index is 240. The van der Waals surface area contributed by atoms with Crippen molar-refractivity contribution < 1.29 is 0 Å². The minimum absolute atomic E-state index is 0.176. The van der Waals surface area contributed by atoms with Gasteiger partial charge in [0.2, 0.25) is 0 Å². The second kappa shape index (κ2) is 3.76. The van der Waals surface area contributed by atoms with Gasteiger partial charge in [0.05, 0.1) is 0 Å². The van der Waals surface area contributed by atoms with Crippen molar-refractivity contribution >= 4 is 0 Å². The quantitative estimate of drug-likeness (QED) is 0.732. The zero-order valence-electron chi connectivity index (χ0n) is 8.12. The van der Waals surface area contributed by atoms with Crippen LogP contribution in [0.25, 0.3) is 0 Å². The third kappa shape index (κ3) is 1.69.